The number of nitrogens with zero attached hydrogens (tertiary/aromatic N) is 3. The summed E-state index contributed by atoms with van der Waals surface area (Å²) in [5.74, 6) is -5.06. The molecule has 1 amide bonds. The number of carbonyl (C=O) groups is 1. The van der Waals surface area contributed by atoms with Gasteiger partial charge in [0.2, 0.25) is 15.9 Å². The Kier molecular flexibility index (Phi) is 5.75. The van der Waals surface area contributed by atoms with E-state index in [0.717, 1.165) is 24.4 Å². The van der Waals surface area contributed by atoms with Gasteiger partial charge in [-0.25, -0.2) is 31.1 Å². The first-order valence-electron chi connectivity index (χ1n) is 11.0. The molecule has 188 valence electrons. The molecule has 3 aromatic rings. The van der Waals surface area contributed by atoms with Crippen LogP contribution in [0.4, 0.5) is 28.9 Å². The fourth-order valence-electron chi connectivity index (χ4n) is 4.77. The second-order valence-electron chi connectivity index (χ2n) is 8.94. The van der Waals surface area contributed by atoms with Crippen LogP contribution in [0, 0.1) is 29.2 Å². The van der Waals surface area contributed by atoms with Gasteiger partial charge in [-0.2, -0.15) is 0 Å². The summed E-state index contributed by atoms with van der Waals surface area (Å²) >= 11 is 0. The van der Waals surface area contributed by atoms with Crippen LogP contribution < -0.4 is 14.9 Å². The van der Waals surface area contributed by atoms with E-state index in [0.29, 0.717) is 12.0 Å². The molecule has 5 rings (SSSR count). The van der Waals surface area contributed by atoms with E-state index in [1.807, 2.05) is 0 Å². The van der Waals surface area contributed by atoms with Crippen molar-refractivity contribution in [3.05, 3.63) is 71.6 Å². The van der Waals surface area contributed by atoms with Crippen molar-refractivity contribution in [1.82, 2.24) is 4.98 Å². The average molecular weight is 521 g/mol. The fraction of sp³-hybridized carbons (Fsp3) is 0.250. The molecule has 1 atom stereocenters. The molecular weight excluding hydrogens is 500 g/mol. The summed E-state index contributed by atoms with van der Waals surface area (Å²) < 4.78 is 81.4. The minimum absolute atomic E-state index is 0.0712. The SMILES string of the molecule is CC1Cc2cc(F)c(S(N)(=O)=O)cc2N1C(=O)C1CN(c2ccc(-c3cnccc3F)c(F)c2F)C1. The first-order chi connectivity index (χ1) is 17.0. The number of carbonyl (C=O) groups excluding carboxylic acids is 1. The zero-order valence-corrected chi connectivity index (χ0v) is 19.7. The summed E-state index contributed by atoms with van der Waals surface area (Å²) in [5.41, 5.74) is 0.224. The lowest BCUT2D eigenvalue weighted by Gasteiger charge is -2.42. The van der Waals surface area contributed by atoms with Crippen LogP contribution in [0.15, 0.2) is 47.6 Å². The molecule has 0 radical (unpaired) electrons. The lowest BCUT2D eigenvalue weighted by molar-refractivity contribution is -0.123. The molecule has 3 heterocycles. The topological polar surface area (TPSA) is 96.6 Å². The Morgan fingerprint density at radius 2 is 1.72 bits per heavy atom. The number of pyridine rings is 1. The second kappa shape index (κ2) is 8.56. The summed E-state index contributed by atoms with van der Waals surface area (Å²) in [6.07, 6.45) is 2.63. The van der Waals surface area contributed by atoms with Crippen molar-refractivity contribution < 1.29 is 30.8 Å². The van der Waals surface area contributed by atoms with Gasteiger partial charge in [-0.15, -0.1) is 0 Å². The van der Waals surface area contributed by atoms with Gasteiger partial charge in [0, 0.05) is 48.3 Å². The molecule has 2 N–H and O–H groups in total. The average Bonchev–Trinajstić information content (AvgIpc) is 3.09. The Morgan fingerprint density at radius 1 is 1.00 bits per heavy atom. The number of rotatable bonds is 4. The molecule has 1 saturated heterocycles. The minimum Gasteiger partial charge on any atom is -0.367 e. The highest BCUT2D eigenvalue weighted by Gasteiger charge is 2.42. The number of halogens is 4. The molecule has 2 aliphatic heterocycles. The van der Waals surface area contributed by atoms with Crippen molar-refractivity contribution in [3.63, 3.8) is 0 Å². The van der Waals surface area contributed by atoms with Crippen molar-refractivity contribution in [2.24, 2.45) is 11.1 Å². The Labute approximate surface area is 204 Å². The van der Waals surface area contributed by atoms with Crippen molar-refractivity contribution in [1.29, 1.82) is 0 Å². The first-order valence-corrected chi connectivity index (χ1v) is 12.5. The van der Waals surface area contributed by atoms with Crippen LogP contribution in [0.3, 0.4) is 0 Å². The van der Waals surface area contributed by atoms with E-state index in [2.05, 4.69) is 4.98 Å². The van der Waals surface area contributed by atoms with E-state index in [4.69, 9.17) is 5.14 Å². The monoisotopic (exact) mass is 520 g/mol. The summed E-state index contributed by atoms with van der Waals surface area (Å²) in [4.78, 5) is 19.2. The molecule has 12 heteroatoms. The summed E-state index contributed by atoms with van der Waals surface area (Å²) in [7, 11) is -4.34. The van der Waals surface area contributed by atoms with Crippen LogP contribution in [0.2, 0.25) is 0 Å². The number of amides is 1. The second-order valence-corrected chi connectivity index (χ2v) is 10.5. The maximum Gasteiger partial charge on any atom is 0.241 e. The number of hydrogen-bond acceptors (Lipinski definition) is 5. The highest BCUT2D eigenvalue weighted by Crippen LogP contribution is 2.39. The standard InChI is InChI=1S/C24H20F4N4O3S/c1-12-6-13-7-18(26)21(36(29,34)35)8-20(13)32(12)24(33)14-10-31(11-14)19-3-2-15(22(27)23(19)28)16-9-30-5-4-17(16)25/h2-5,7-9,12,14H,6,10-11H2,1H3,(H2,29,34,35). The number of anilines is 2. The van der Waals surface area contributed by atoms with Crippen LogP contribution in [0.25, 0.3) is 11.1 Å². The third-order valence-electron chi connectivity index (χ3n) is 6.58. The smallest absolute Gasteiger partial charge is 0.241 e. The molecule has 7 nitrogen and oxygen atoms in total. The summed E-state index contributed by atoms with van der Waals surface area (Å²) in [6, 6.07) is 5.38. The predicted octanol–water partition coefficient (Wildman–Crippen LogP) is 3.37. The van der Waals surface area contributed by atoms with Crippen molar-refractivity contribution in [2.75, 3.05) is 22.9 Å². The van der Waals surface area contributed by atoms with E-state index in [1.165, 1.54) is 28.1 Å². The normalized spacial score (nSPS) is 17.8. The van der Waals surface area contributed by atoms with Gasteiger partial charge in [0.25, 0.3) is 0 Å². The predicted molar refractivity (Wildman–Crippen MR) is 124 cm³/mol. The molecule has 1 unspecified atom stereocenters. The number of benzene rings is 2. The molecule has 0 bridgehead atoms. The number of fused-ring (bicyclic) bond motifs is 1. The lowest BCUT2D eigenvalue weighted by atomic mass is 9.96. The zero-order valence-electron chi connectivity index (χ0n) is 18.9. The summed E-state index contributed by atoms with van der Waals surface area (Å²) in [5, 5.41) is 5.10. The minimum atomic E-state index is -4.34. The van der Waals surface area contributed by atoms with Gasteiger partial charge in [0.1, 0.15) is 16.5 Å². The maximum absolute atomic E-state index is 14.9. The molecule has 2 aliphatic rings. The highest BCUT2D eigenvalue weighted by atomic mass is 32.2. The Bertz CT molecular complexity index is 1510. The molecule has 2 aromatic carbocycles. The number of hydrogen-bond donors (Lipinski definition) is 1. The van der Waals surface area contributed by atoms with Crippen LogP contribution in [-0.4, -0.2) is 38.4 Å². The van der Waals surface area contributed by atoms with Gasteiger partial charge in [0.15, 0.2) is 11.6 Å². The van der Waals surface area contributed by atoms with Gasteiger partial charge in [0.05, 0.1) is 11.6 Å². The van der Waals surface area contributed by atoms with Crippen LogP contribution in [-0.2, 0) is 21.2 Å². The largest absolute Gasteiger partial charge is 0.367 e. The van der Waals surface area contributed by atoms with Crippen LogP contribution in [0.1, 0.15) is 12.5 Å². The fourth-order valence-corrected chi connectivity index (χ4v) is 5.37. The highest BCUT2D eigenvalue weighted by molar-refractivity contribution is 7.89. The third-order valence-corrected chi connectivity index (χ3v) is 7.51. The molecule has 0 saturated carbocycles. The Morgan fingerprint density at radius 3 is 2.39 bits per heavy atom. The van der Waals surface area contributed by atoms with Crippen molar-refractivity contribution in [3.8, 4) is 11.1 Å². The molecule has 1 fully saturated rings. The van der Waals surface area contributed by atoms with Crippen molar-refractivity contribution in [2.45, 2.75) is 24.3 Å². The van der Waals surface area contributed by atoms with Gasteiger partial charge < -0.3 is 9.80 Å². The number of nitrogens with two attached hydrogens (primary N) is 1. The van der Waals surface area contributed by atoms with E-state index in [-0.39, 0.29) is 47.5 Å². The van der Waals surface area contributed by atoms with E-state index >= 15 is 0 Å². The lowest BCUT2D eigenvalue weighted by Crippen LogP contribution is -2.56. The van der Waals surface area contributed by atoms with Gasteiger partial charge >= 0.3 is 0 Å². The van der Waals surface area contributed by atoms with Crippen LogP contribution in [0.5, 0.6) is 0 Å². The molecular formula is C24H20F4N4O3S. The molecule has 0 aliphatic carbocycles. The Balaban J connectivity index is 1.36. The zero-order chi connectivity index (χ0) is 25.9. The van der Waals surface area contributed by atoms with Gasteiger partial charge in [-0.05, 0) is 49.2 Å². The maximum atomic E-state index is 14.9. The van der Waals surface area contributed by atoms with Crippen molar-refractivity contribution >= 4 is 27.3 Å². The van der Waals surface area contributed by atoms with E-state index in [1.54, 1.807) is 6.92 Å². The molecule has 1 aromatic heterocycles. The van der Waals surface area contributed by atoms with Crippen LogP contribution >= 0.6 is 0 Å². The molecule has 0 spiro atoms. The van der Waals surface area contributed by atoms with E-state index < -0.39 is 44.1 Å². The third kappa shape index (κ3) is 3.90. The van der Waals surface area contributed by atoms with E-state index in [9.17, 15) is 30.8 Å². The quantitative estimate of drug-likeness (QED) is 0.533. The number of aromatic nitrogens is 1. The molecule has 36 heavy (non-hydrogen) atoms. The first kappa shape index (κ1) is 24.2. The van der Waals surface area contributed by atoms with Gasteiger partial charge in [-0.3, -0.25) is 9.78 Å². The summed E-state index contributed by atoms with van der Waals surface area (Å²) in [6.45, 7) is 1.91. The van der Waals surface area contributed by atoms with Gasteiger partial charge in [-0.1, -0.05) is 0 Å². The number of sulfonamides is 1. The number of primary sulfonamides is 1. The Hall–Kier alpha value is -3.51.